The molecule has 0 aliphatic heterocycles. The fourth-order valence-electron chi connectivity index (χ4n) is 2.46. The maximum Gasteiger partial charge on any atom is 0.328 e. The average molecular weight is 302 g/mol. The smallest absolute Gasteiger partial charge is 0.328 e. The zero-order valence-electron chi connectivity index (χ0n) is 12.8. The van der Waals surface area contributed by atoms with Crippen LogP contribution in [-0.4, -0.2) is 19.7 Å². The van der Waals surface area contributed by atoms with Gasteiger partial charge in [0.05, 0.1) is 0 Å². The Morgan fingerprint density at radius 3 is 2.82 bits per heavy atom. The lowest BCUT2D eigenvalue weighted by atomic mass is 9.78. The number of nitrogens with one attached hydrogen (secondary N) is 1. The van der Waals surface area contributed by atoms with Gasteiger partial charge in [-0.25, -0.2) is 4.79 Å². The molecule has 0 amide bonds. The van der Waals surface area contributed by atoms with E-state index in [-0.39, 0.29) is 11.4 Å². The van der Waals surface area contributed by atoms with Crippen LogP contribution < -0.4 is 11.2 Å². The van der Waals surface area contributed by atoms with E-state index in [4.69, 9.17) is 4.52 Å². The van der Waals surface area contributed by atoms with Crippen LogP contribution in [0.25, 0.3) is 17.0 Å². The summed E-state index contributed by atoms with van der Waals surface area (Å²) in [5.41, 5.74) is 0.526. The third-order valence-corrected chi connectivity index (χ3v) is 4.02. The highest BCUT2D eigenvalue weighted by Gasteiger charge is 2.24. The van der Waals surface area contributed by atoms with Gasteiger partial charge in [-0.05, 0) is 24.7 Å². The van der Waals surface area contributed by atoms with Gasteiger partial charge in [-0.3, -0.25) is 9.78 Å². The number of allylic oxidation sites excluding steroid dienone is 2. The Hall–Kier alpha value is -2.44. The number of H-pyrrole nitrogens is 1. The number of rotatable bonds is 2. The van der Waals surface area contributed by atoms with Gasteiger partial charge in [-0.15, -0.1) is 0 Å². The third-order valence-electron chi connectivity index (χ3n) is 4.02. The Morgan fingerprint density at radius 1 is 1.36 bits per heavy atom. The van der Waals surface area contributed by atoms with E-state index in [1.807, 2.05) is 0 Å². The second kappa shape index (κ2) is 5.08. The Bertz CT molecular complexity index is 854. The second-order valence-corrected chi connectivity index (χ2v) is 6.43. The van der Waals surface area contributed by atoms with Crippen molar-refractivity contribution in [2.75, 3.05) is 0 Å². The fraction of sp³-hybridized carbons (Fsp3) is 0.467. The third kappa shape index (κ3) is 2.66. The summed E-state index contributed by atoms with van der Waals surface area (Å²) >= 11 is 0. The van der Waals surface area contributed by atoms with Gasteiger partial charge in [0.1, 0.15) is 5.56 Å². The molecule has 1 N–H and O–H groups in total. The van der Waals surface area contributed by atoms with Crippen LogP contribution in [-0.2, 0) is 7.05 Å². The summed E-state index contributed by atoms with van der Waals surface area (Å²) in [6, 6.07) is 0. The molecule has 0 saturated heterocycles. The van der Waals surface area contributed by atoms with E-state index in [9.17, 15) is 9.59 Å². The molecule has 7 nitrogen and oxygen atoms in total. The molecule has 0 bridgehead atoms. The lowest BCUT2D eigenvalue weighted by Gasteiger charge is -2.27. The van der Waals surface area contributed by atoms with Crippen molar-refractivity contribution >= 4 is 5.57 Å². The molecule has 2 aromatic heterocycles. The normalized spacial score (nSPS) is 17.3. The van der Waals surface area contributed by atoms with E-state index in [0.29, 0.717) is 11.3 Å². The van der Waals surface area contributed by atoms with Crippen molar-refractivity contribution in [2.24, 2.45) is 12.5 Å². The standard InChI is InChI=1S/C15H18N4O3/c1-15(2)6-4-9(5-7-15)13-16-11(18-22-13)10-8-19(3)14(21)17-12(10)20/h4,8H,5-7H2,1-3H3,(H,17,20,21). The Kier molecular flexibility index (Phi) is 3.35. The van der Waals surface area contributed by atoms with Gasteiger partial charge in [0.25, 0.3) is 11.4 Å². The minimum Gasteiger partial charge on any atom is -0.334 e. The molecular formula is C15H18N4O3. The first kappa shape index (κ1) is 14.5. The van der Waals surface area contributed by atoms with Crippen LogP contribution in [0.4, 0.5) is 0 Å². The largest absolute Gasteiger partial charge is 0.334 e. The molecular weight excluding hydrogens is 284 g/mol. The molecule has 2 heterocycles. The number of aromatic nitrogens is 4. The predicted octanol–water partition coefficient (Wildman–Crippen LogP) is 1.72. The molecule has 1 aliphatic carbocycles. The molecule has 0 fully saturated rings. The summed E-state index contributed by atoms with van der Waals surface area (Å²) in [7, 11) is 1.55. The van der Waals surface area contributed by atoms with Crippen molar-refractivity contribution in [1.82, 2.24) is 19.7 Å². The monoisotopic (exact) mass is 302 g/mol. The number of aryl methyl sites for hydroxylation is 1. The summed E-state index contributed by atoms with van der Waals surface area (Å²) in [4.78, 5) is 29.8. The number of hydrogen-bond acceptors (Lipinski definition) is 5. The predicted molar refractivity (Wildman–Crippen MR) is 81.2 cm³/mol. The van der Waals surface area contributed by atoms with Gasteiger partial charge in [0.15, 0.2) is 0 Å². The van der Waals surface area contributed by atoms with Crippen LogP contribution in [0.15, 0.2) is 26.4 Å². The topological polar surface area (TPSA) is 93.8 Å². The highest BCUT2D eigenvalue weighted by molar-refractivity contribution is 5.62. The molecule has 0 atom stereocenters. The van der Waals surface area contributed by atoms with Crippen LogP contribution in [0.2, 0.25) is 0 Å². The van der Waals surface area contributed by atoms with Crippen LogP contribution in [0.1, 0.15) is 39.0 Å². The average Bonchev–Trinajstić information content (AvgIpc) is 2.92. The summed E-state index contributed by atoms with van der Waals surface area (Å²) < 4.78 is 6.56. The Morgan fingerprint density at radius 2 is 2.14 bits per heavy atom. The lowest BCUT2D eigenvalue weighted by Crippen LogP contribution is -2.28. The minimum absolute atomic E-state index is 0.192. The fourth-order valence-corrected chi connectivity index (χ4v) is 2.46. The van der Waals surface area contributed by atoms with E-state index in [2.05, 4.69) is 35.0 Å². The number of hydrogen-bond donors (Lipinski definition) is 1. The highest BCUT2D eigenvalue weighted by atomic mass is 16.5. The van der Waals surface area contributed by atoms with E-state index < -0.39 is 11.2 Å². The molecule has 116 valence electrons. The van der Waals surface area contributed by atoms with Crippen LogP contribution in [0.5, 0.6) is 0 Å². The summed E-state index contributed by atoms with van der Waals surface area (Å²) in [6.07, 6.45) is 6.41. The lowest BCUT2D eigenvalue weighted by molar-refractivity contribution is 0.329. The number of nitrogens with zero attached hydrogens (tertiary/aromatic N) is 3. The first-order chi connectivity index (χ1) is 10.4. The van der Waals surface area contributed by atoms with Crippen LogP contribution in [0, 0.1) is 5.41 Å². The van der Waals surface area contributed by atoms with E-state index >= 15 is 0 Å². The van der Waals surface area contributed by atoms with Crippen molar-refractivity contribution in [1.29, 1.82) is 0 Å². The van der Waals surface area contributed by atoms with Crippen molar-refractivity contribution in [3.63, 3.8) is 0 Å². The minimum atomic E-state index is -0.519. The van der Waals surface area contributed by atoms with Gasteiger partial charge < -0.3 is 9.09 Å². The molecule has 0 radical (unpaired) electrons. The van der Waals surface area contributed by atoms with Gasteiger partial charge in [-0.1, -0.05) is 25.1 Å². The van der Waals surface area contributed by atoms with Crippen molar-refractivity contribution in [3.8, 4) is 11.4 Å². The molecule has 3 rings (SSSR count). The van der Waals surface area contributed by atoms with E-state index in [0.717, 1.165) is 24.8 Å². The van der Waals surface area contributed by atoms with Gasteiger partial charge in [0, 0.05) is 18.8 Å². The van der Waals surface area contributed by atoms with Crippen LogP contribution in [0.3, 0.4) is 0 Å². The molecule has 2 aromatic rings. The summed E-state index contributed by atoms with van der Waals surface area (Å²) in [6.45, 7) is 4.45. The van der Waals surface area contributed by atoms with E-state index in [1.54, 1.807) is 7.05 Å². The molecule has 0 spiro atoms. The highest BCUT2D eigenvalue weighted by Crippen LogP contribution is 2.37. The zero-order chi connectivity index (χ0) is 15.9. The van der Waals surface area contributed by atoms with Crippen molar-refractivity contribution < 1.29 is 4.52 Å². The Labute approximate surface area is 126 Å². The summed E-state index contributed by atoms with van der Waals surface area (Å²) in [5.74, 6) is 0.635. The molecule has 1 aliphatic rings. The molecule has 22 heavy (non-hydrogen) atoms. The second-order valence-electron chi connectivity index (χ2n) is 6.43. The zero-order valence-corrected chi connectivity index (χ0v) is 12.8. The SMILES string of the molecule is Cn1cc(-c2noc(C3=CCC(C)(C)CC3)n2)c(=O)[nH]c1=O. The van der Waals surface area contributed by atoms with Gasteiger partial charge in [-0.2, -0.15) is 4.98 Å². The van der Waals surface area contributed by atoms with E-state index in [1.165, 1.54) is 10.8 Å². The van der Waals surface area contributed by atoms with Crippen LogP contribution >= 0.6 is 0 Å². The molecule has 7 heteroatoms. The van der Waals surface area contributed by atoms with Gasteiger partial charge >= 0.3 is 5.69 Å². The maximum atomic E-state index is 11.9. The first-order valence-electron chi connectivity index (χ1n) is 7.19. The molecule has 0 saturated carbocycles. The summed E-state index contributed by atoms with van der Waals surface area (Å²) in [5, 5.41) is 3.87. The van der Waals surface area contributed by atoms with Crippen molar-refractivity contribution in [2.45, 2.75) is 33.1 Å². The Balaban J connectivity index is 1.95. The number of aromatic amines is 1. The maximum absolute atomic E-state index is 11.9. The quantitative estimate of drug-likeness (QED) is 0.911. The molecule has 0 aromatic carbocycles. The molecule has 0 unspecified atom stereocenters. The first-order valence-corrected chi connectivity index (χ1v) is 7.19. The van der Waals surface area contributed by atoms with Crippen molar-refractivity contribution in [3.05, 3.63) is 39.0 Å². The van der Waals surface area contributed by atoms with Gasteiger partial charge in [0.2, 0.25) is 5.82 Å².